The van der Waals surface area contributed by atoms with Crippen LogP contribution in [0.1, 0.15) is 82.8 Å². The number of aromatic nitrogens is 2. The molecule has 0 aliphatic rings. The lowest BCUT2D eigenvalue weighted by Gasteiger charge is -2.31. The highest BCUT2D eigenvalue weighted by Crippen LogP contribution is 2.26. The van der Waals surface area contributed by atoms with Crippen molar-refractivity contribution in [2.24, 2.45) is 5.92 Å². The molecule has 0 N–H and O–H groups in total. The molecule has 0 saturated carbocycles. The van der Waals surface area contributed by atoms with E-state index in [0.29, 0.717) is 35.6 Å². The predicted octanol–water partition coefficient (Wildman–Crippen LogP) is 6.52. The highest BCUT2D eigenvalue weighted by atomic mass is 16.2. The number of hydrogen-bond donors (Lipinski definition) is 0. The van der Waals surface area contributed by atoms with Gasteiger partial charge >= 0.3 is 0 Å². The van der Waals surface area contributed by atoms with E-state index in [0.717, 1.165) is 42.5 Å². The summed E-state index contributed by atoms with van der Waals surface area (Å²) >= 11 is 0. The van der Waals surface area contributed by atoms with Gasteiger partial charge < -0.3 is 4.90 Å². The van der Waals surface area contributed by atoms with Crippen LogP contribution in [0.15, 0.2) is 47.3 Å². The average Bonchev–Trinajstić information content (AvgIpc) is 2.81. The molecule has 1 amide bonds. The summed E-state index contributed by atoms with van der Waals surface area (Å²) in [6.45, 7) is 13.2. The normalized spacial score (nSPS) is 12.3. The minimum absolute atomic E-state index is 0.0941. The topological polar surface area (TPSA) is 55.2 Å². The van der Waals surface area contributed by atoms with Gasteiger partial charge in [-0.3, -0.25) is 14.2 Å². The van der Waals surface area contributed by atoms with Gasteiger partial charge in [0.15, 0.2) is 0 Å². The molecule has 0 bridgehead atoms. The zero-order chi connectivity index (χ0) is 24.8. The van der Waals surface area contributed by atoms with Crippen LogP contribution in [-0.4, -0.2) is 26.9 Å². The molecule has 0 aliphatic carbocycles. The van der Waals surface area contributed by atoms with Crippen LogP contribution in [0.3, 0.4) is 0 Å². The zero-order valence-corrected chi connectivity index (χ0v) is 21.6. The van der Waals surface area contributed by atoms with Gasteiger partial charge in [-0.2, -0.15) is 0 Å². The number of unbranched alkanes of at least 4 members (excludes halogenated alkanes) is 2. The Hall–Kier alpha value is -2.95. The lowest BCUT2D eigenvalue weighted by Crippen LogP contribution is -2.38. The van der Waals surface area contributed by atoms with Crippen LogP contribution in [0, 0.1) is 19.8 Å². The highest BCUT2D eigenvalue weighted by Gasteiger charge is 2.27. The molecule has 1 aromatic heterocycles. The molecule has 0 aliphatic heterocycles. The van der Waals surface area contributed by atoms with Crippen molar-refractivity contribution in [3.8, 4) is 5.69 Å². The Morgan fingerprint density at radius 1 is 1.06 bits per heavy atom. The van der Waals surface area contributed by atoms with E-state index < -0.39 is 0 Å². The number of rotatable bonds is 10. The Balaban J connectivity index is 2.19. The third-order valence-electron chi connectivity index (χ3n) is 6.51. The first-order valence-electron chi connectivity index (χ1n) is 12.6. The van der Waals surface area contributed by atoms with Gasteiger partial charge in [0.05, 0.1) is 22.6 Å². The summed E-state index contributed by atoms with van der Waals surface area (Å²) in [4.78, 5) is 34.1. The summed E-state index contributed by atoms with van der Waals surface area (Å²) in [5.74, 6) is 1.23. The van der Waals surface area contributed by atoms with Gasteiger partial charge in [-0.15, -0.1) is 0 Å². The van der Waals surface area contributed by atoms with Crippen LogP contribution in [0.25, 0.3) is 16.6 Å². The predicted molar refractivity (Wildman–Crippen MR) is 141 cm³/mol. The van der Waals surface area contributed by atoms with Gasteiger partial charge in [0, 0.05) is 13.0 Å². The van der Waals surface area contributed by atoms with Crippen molar-refractivity contribution in [3.05, 3.63) is 69.8 Å². The van der Waals surface area contributed by atoms with Gasteiger partial charge in [0.1, 0.15) is 5.82 Å². The fraction of sp³-hybridized carbons (Fsp3) is 0.483. The first-order chi connectivity index (χ1) is 16.2. The van der Waals surface area contributed by atoms with Crippen LogP contribution in [0.2, 0.25) is 0 Å². The molecule has 3 rings (SSSR count). The molecule has 182 valence electrons. The third kappa shape index (κ3) is 5.75. The Bertz CT molecular complexity index is 1200. The van der Waals surface area contributed by atoms with Gasteiger partial charge in [-0.25, -0.2) is 4.98 Å². The maximum absolute atomic E-state index is 13.8. The number of hydrogen-bond acceptors (Lipinski definition) is 3. The van der Waals surface area contributed by atoms with Crippen LogP contribution in [-0.2, 0) is 4.79 Å². The average molecular weight is 462 g/mol. The Labute approximate surface area is 203 Å². The van der Waals surface area contributed by atoms with Crippen molar-refractivity contribution < 1.29 is 4.79 Å². The van der Waals surface area contributed by atoms with E-state index in [-0.39, 0.29) is 17.5 Å². The molecule has 5 heteroatoms. The summed E-state index contributed by atoms with van der Waals surface area (Å²) < 4.78 is 1.73. The molecule has 0 radical (unpaired) electrons. The summed E-state index contributed by atoms with van der Waals surface area (Å²) in [6, 6.07) is 13.3. The molecule has 0 spiro atoms. The van der Waals surface area contributed by atoms with E-state index in [4.69, 9.17) is 4.98 Å². The number of nitrogens with zero attached hydrogens (tertiary/aromatic N) is 3. The minimum Gasteiger partial charge on any atom is -0.333 e. The van der Waals surface area contributed by atoms with Gasteiger partial charge in [0.25, 0.3) is 5.56 Å². The van der Waals surface area contributed by atoms with E-state index in [1.54, 1.807) is 4.57 Å². The number of amides is 1. The summed E-state index contributed by atoms with van der Waals surface area (Å²) in [5.41, 5.74) is 3.47. The van der Waals surface area contributed by atoms with E-state index in [2.05, 4.69) is 20.8 Å². The Kier molecular flexibility index (Phi) is 8.65. The van der Waals surface area contributed by atoms with Gasteiger partial charge in [0.2, 0.25) is 5.91 Å². The lowest BCUT2D eigenvalue weighted by atomic mass is 10.1. The van der Waals surface area contributed by atoms with Crippen LogP contribution in [0.4, 0.5) is 0 Å². The number of carbonyl (C=O) groups excluding carboxylic acids is 1. The highest BCUT2D eigenvalue weighted by molar-refractivity contribution is 5.79. The molecule has 34 heavy (non-hydrogen) atoms. The SMILES string of the molecule is CCCCCC(=O)N(CCC(C)C)C(C)c1nc2ccccc2c(=O)n1-c1cc(C)ccc1C. The number of carbonyl (C=O) groups is 1. The summed E-state index contributed by atoms with van der Waals surface area (Å²) in [5, 5.41) is 0.586. The van der Waals surface area contributed by atoms with Crippen LogP contribution >= 0.6 is 0 Å². The zero-order valence-electron chi connectivity index (χ0n) is 21.6. The summed E-state index contributed by atoms with van der Waals surface area (Å²) in [6.07, 6.45) is 4.44. The van der Waals surface area contributed by atoms with Crippen molar-refractivity contribution in [2.75, 3.05) is 6.54 Å². The molecular weight excluding hydrogens is 422 g/mol. The van der Waals surface area contributed by atoms with Crippen molar-refractivity contribution in [1.29, 1.82) is 0 Å². The molecule has 5 nitrogen and oxygen atoms in total. The fourth-order valence-corrected chi connectivity index (χ4v) is 4.36. The van der Waals surface area contributed by atoms with E-state index in [9.17, 15) is 9.59 Å². The second kappa shape index (κ2) is 11.5. The van der Waals surface area contributed by atoms with Crippen molar-refractivity contribution in [1.82, 2.24) is 14.5 Å². The van der Waals surface area contributed by atoms with Crippen molar-refractivity contribution in [3.63, 3.8) is 0 Å². The van der Waals surface area contributed by atoms with E-state index >= 15 is 0 Å². The number of fused-ring (bicyclic) bond motifs is 1. The molecule has 1 heterocycles. The molecule has 0 saturated heterocycles. The standard InChI is InChI=1S/C29H39N3O2/c1-7-8-9-14-27(33)31(18-17-20(2)3)23(6)28-30-25-13-11-10-12-24(25)29(34)32(28)26-19-21(4)15-16-22(26)5/h10-13,15-16,19-20,23H,7-9,14,17-18H2,1-6H3. The Morgan fingerprint density at radius 2 is 1.79 bits per heavy atom. The quantitative estimate of drug-likeness (QED) is 0.323. The second-order valence-corrected chi connectivity index (χ2v) is 9.82. The monoisotopic (exact) mass is 461 g/mol. The first-order valence-corrected chi connectivity index (χ1v) is 12.6. The van der Waals surface area contributed by atoms with Gasteiger partial charge in [-0.1, -0.05) is 57.9 Å². The third-order valence-corrected chi connectivity index (χ3v) is 6.51. The maximum Gasteiger partial charge on any atom is 0.266 e. The fourth-order valence-electron chi connectivity index (χ4n) is 4.36. The largest absolute Gasteiger partial charge is 0.333 e. The Morgan fingerprint density at radius 3 is 2.50 bits per heavy atom. The minimum atomic E-state index is -0.329. The lowest BCUT2D eigenvalue weighted by molar-refractivity contribution is -0.133. The van der Waals surface area contributed by atoms with E-state index in [1.165, 1.54) is 0 Å². The smallest absolute Gasteiger partial charge is 0.266 e. The molecule has 1 atom stereocenters. The molecular formula is C29H39N3O2. The molecule has 1 unspecified atom stereocenters. The summed E-state index contributed by atoms with van der Waals surface area (Å²) in [7, 11) is 0. The van der Waals surface area contributed by atoms with Gasteiger partial charge in [-0.05, 0) is 68.9 Å². The number of para-hydroxylation sites is 1. The maximum atomic E-state index is 13.8. The van der Waals surface area contributed by atoms with E-state index in [1.807, 2.05) is 68.1 Å². The molecule has 3 aromatic rings. The van der Waals surface area contributed by atoms with Crippen molar-refractivity contribution in [2.45, 2.75) is 79.7 Å². The van der Waals surface area contributed by atoms with Crippen molar-refractivity contribution >= 4 is 16.8 Å². The molecule has 2 aromatic carbocycles. The number of aryl methyl sites for hydroxylation is 2. The first kappa shape index (κ1) is 25.7. The second-order valence-electron chi connectivity index (χ2n) is 9.82. The number of benzene rings is 2. The van der Waals surface area contributed by atoms with Crippen LogP contribution in [0.5, 0.6) is 0 Å². The molecule has 0 fully saturated rings. The van der Waals surface area contributed by atoms with Crippen LogP contribution < -0.4 is 5.56 Å².